The number of para-hydroxylation sites is 1. The lowest BCUT2D eigenvalue weighted by atomic mass is 10.2. The lowest BCUT2D eigenvalue weighted by molar-refractivity contribution is -0.135. The first-order valence-corrected chi connectivity index (χ1v) is 7.47. The molecular weight excluding hydrogens is 276 g/mol. The molecule has 1 amide bonds. The summed E-state index contributed by atoms with van der Waals surface area (Å²) in [6.07, 6.45) is 1.96. The van der Waals surface area contributed by atoms with Gasteiger partial charge in [0, 0.05) is 19.1 Å². The summed E-state index contributed by atoms with van der Waals surface area (Å²) >= 11 is 6.02. The van der Waals surface area contributed by atoms with E-state index in [-0.39, 0.29) is 18.6 Å². The number of amides is 1. The van der Waals surface area contributed by atoms with Crippen LogP contribution in [0, 0.1) is 0 Å². The minimum Gasteiger partial charge on any atom is -0.482 e. The molecule has 110 valence electrons. The second-order valence-corrected chi connectivity index (χ2v) is 5.36. The van der Waals surface area contributed by atoms with Crippen molar-refractivity contribution in [1.29, 1.82) is 0 Å². The van der Waals surface area contributed by atoms with E-state index in [0.29, 0.717) is 10.8 Å². The zero-order valence-electron chi connectivity index (χ0n) is 11.8. The molecular formula is C15H21ClN2O2. The van der Waals surface area contributed by atoms with Gasteiger partial charge in [0.25, 0.3) is 5.91 Å². The Kier molecular flexibility index (Phi) is 5.68. The van der Waals surface area contributed by atoms with Gasteiger partial charge in [-0.25, -0.2) is 0 Å². The molecule has 5 heteroatoms. The third kappa shape index (κ3) is 3.87. The number of nitrogens with zero attached hydrogens (tertiary/aromatic N) is 1. The van der Waals surface area contributed by atoms with Gasteiger partial charge in [0.2, 0.25) is 0 Å². The van der Waals surface area contributed by atoms with Gasteiger partial charge in [0.1, 0.15) is 5.75 Å². The van der Waals surface area contributed by atoms with E-state index in [1.54, 1.807) is 12.1 Å². The van der Waals surface area contributed by atoms with Gasteiger partial charge in [-0.3, -0.25) is 4.79 Å². The Hall–Kier alpha value is -1.26. The Morgan fingerprint density at radius 3 is 2.95 bits per heavy atom. The van der Waals surface area contributed by atoms with E-state index in [2.05, 4.69) is 12.2 Å². The van der Waals surface area contributed by atoms with Crippen molar-refractivity contribution < 1.29 is 9.53 Å². The van der Waals surface area contributed by atoms with Crippen LogP contribution in [0.5, 0.6) is 5.75 Å². The van der Waals surface area contributed by atoms with Crippen molar-refractivity contribution in [3.63, 3.8) is 0 Å². The Morgan fingerprint density at radius 2 is 2.30 bits per heavy atom. The van der Waals surface area contributed by atoms with Crippen LogP contribution < -0.4 is 10.1 Å². The topological polar surface area (TPSA) is 41.6 Å². The second-order valence-electron chi connectivity index (χ2n) is 4.95. The first-order chi connectivity index (χ1) is 9.72. The van der Waals surface area contributed by atoms with E-state index >= 15 is 0 Å². The normalized spacial score (nSPS) is 18.0. The van der Waals surface area contributed by atoms with Gasteiger partial charge in [-0.2, -0.15) is 0 Å². The number of hydrogen-bond donors (Lipinski definition) is 1. The highest BCUT2D eigenvalue weighted by atomic mass is 35.5. The Balaban J connectivity index is 1.93. The summed E-state index contributed by atoms with van der Waals surface area (Å²) in [5, 5.41) is 3.83. The number of carbonyl (C=O) groups is 1. The van der Waals surface area contributed by atoms with E-state index in [0.717, 1.165) is 32.5 Å². The van der Waals surface area contributed by atoms with Gasteiger partial charge in [0.15, 0.2) is 6.61 Å². The standard InChI is InChI=1S/C15H21ClN2O2/c1-2-9-18(12-7-8-17-10-12)15(19)11-20-14-6-4-3-5-13(14)16/h3-6,12,17H,2,7-11H2,1H3. The van der Waals surface area contributed by atoms with Crippen molar-refractivity contribution in [2.45, 2.75) is 25.8 Å². The summed E-state index contributed by atoms with van der Waals surface area (Å²) in [5.74, 6) is 0.587. The molecule has 0 bridgehead atoms. The highest BCUT2D eigenvalue weighted by molar-refractivity contribution is 6.32. The minimum atomic E-state index is 0.0282. The Labute approximate surface area is 125 Å². The van der Waals surface area contributed by atoms with Gasteiger partial charge in [0.05, 0.1) is 5.02 Å². The number of hydrogen-bond acceptors (Lipinski definition) is 3. The predicted molar refractivity (Wildman–Crippen MR) is 80.2 cm³/mol. The first kappa shape index (κ1) is 15.1. The summed E-state index contributed by atoms with van der Waals surface area (Å²) < 4.78 is 5.54. The first-order valence-electron chi connectivity index (χ1n) is 7.10. The molecule has 1 atom stereocenters. The van der Waals surface area contributed by atoms with Gasteiger partial charge >= 0.3 is 0 Å². The maximum absolute atomic E-state index is 12.3. The molecule has 1 aromatic rings. The summed E-state index contributed by atoms with van der Waals surface area (Å²) in [6, 6.07) is 7.50. The molecule has 1 N–H and O–H groups in total. The molecule has 1 saturated heterocycles. The van der Waals surface area contributed by atoms with Crippen LogP contribution in [0.2, 0.25) is 5.02 Å². The number of nitrogens with one attached hydrogen (secondary N) is 1. The third-order valence-corrected chi connectivity index (χ3v) is 3.76. The average molecular weight is 297 g/mol. The molecule has 0 saturated carbocycles. The fourth-order valence-electron chi connectivity index (χ4n) is 2.44. The van der Waals surface area contributed by atoms with Crippen molar-refractivity contribution in [3.05, 3.63) is 29.3 Å². The quantitative estimate of drug-likeness (QED) is 0.876. The molecule has 1 aromatic carbocycles. The predicted octanol–water partition coefficient (Wildman–Crippen LogP) is 2.32. The molecule has 1 aliphatic heterocycles. The average Bonchev–Trinajstić information content (AvgIpc) is 2.97. The van der Waals surface area contributed by atoms with Crippen molar-refractivity contribution >= 4 is 17.5 Å². The Bertz CT molecular complexity index is 447. The zero-order valence-corrected chi connectivity index (χ0v) is 12.5. The molecule has 0 aromatic heterocycles. The summed E-state index contributed by atoms with van der Waals surface area (Å²) in [7, 11) is 0. The highest BCUT2D eigenvalue weighted by Crippen LogP contribution is 2.23. The molecule has 2 rings (SSSR count). The summed E-state index contributed by atoms with van der Waals surface area (Å²) in [6.45, 7) is 4.75. The minimum absolute atomic E-state index is 0.0282. The van der Waals surface area contributed by atoms with E-state index in [1.807, 2.05) is 17.0 Å². The van der Waals surface area contributed by atoms with Gasteiger partial charge in [-0.05, 0) is 31.5 Å². The van der Waals surface area contributed by atoms with Crippen molar-refractivity contribution in [2.75, 3.05) is 26.2 Å². The largest absolute Gasteiger partial charge is 0.482 e. The van der Waals surface area contributed by atoms with Gasteiger partial charge < -0.3 is 15.0 Å². The van der Waals surface area contributed by atoms with Crippen molar-refractivity contribution in [2.24, 2.45) is 0 Å². The maximum Gasteiger partial charge on any atom is 0.260 e. The maximum atomic E-state index is 12.3. The molecule has 1 unspecified atom stereocenters. The summed E-state index contributed by atoms with van der Waals surface area (Å²) in [5.41, 5.74) is 0. The van der Waals surface area contributed by atoms with Crippen molar-refractivity contribution in [1.82, 2.24) is 10.2 Å². The molecule has 0 radical (unpaired) electrons. The van der Waals surface area contributed by atoms with Crippen LogP contribution in [-0.4, -0.2) is 43.1 Å². The number of carbonyl (C=O) groups excluding carboxylic acids is 1. The van der Waals surface area contributed by atoms with Gasteiger partial charge in [-0.15, -0.1) is 0 Å². The number of benzene rings is 1. The monoisotopic (exact) mass is 296 g/mol. The van der Waals surface area contributed by atoms with Crippen LogP contribution in [0.25, 0.3) is 0 Å². The van der Waals surface area contributed by atoms with Crippen LogP contribution in [-0.2, 0) is 4.79 Å². The SMILES string of the molecule is CCCN(C(=O)COc1ccccc1Cl)C1CCNC1. The van der Waals surface area contributed by atoms with E-state index < -0.39 is 0 Å². The molecule has 1 fully saturated rings. The lowest BCUT2D eigenvalue weighted by Crippen LogP contribution is -2.44. The van der Waals surface area contributed by atoms with Crippen LogP contribution in [0.3, 0.4) is 0 Å². The number of rotatable bonds is 6. The van der Waals surface area contributed by atoms with Crippen LogP contribution in [0.1, 0.15) is 19.8 Å². The molecule has 0 spiro atoms. The Morgan fingerprint density at radius 1 is 1.50 bits per heavy atom. The van der Waals surface area contributed by atoms with E-state index in [9.17, 15) is 4.79 Å². The van der Waals surface area contributed by atoms with E-state index in [4.69, 9.17) is 16.3 Å². The van der Waals surface area contributed by atoms with Crippen LogP contribution >= 0.6 is 11.6 Å². The highest BCUT2D eigenvalue weighted by Gasteiger charge is 2.26. The zero-order chi connectivity index (χ0) is 14.4. The molecule has 1 heterocycles. The molecule has 1 aliphatic rings. The smallest absolute Gasteiger partial charge is 0.260 e. The fourth-order valence-corrected chi connectivity index (χ4v) is 2.63. The third-order valence-electron chi connectivity index (χ3n) is 3.45. The molecule has 4 nitrogen and oxygen atoms in total. The molecule has 20 heavy (non-hydrogen) atoms. The number of ether oxygens (including phenoxy) is 1. The van der Waals surface area contributed by atoms with Crippen molar-refractivity contribution in [3.8, 4) is 5.75 Å². The van der Waals surface area contributed by atoms with Gasteiger partial charge in [-0.1, -0.05) is 30.7 Å². The summed E-state index contributed by atoms with van der Waals surface area (Å²) in [4.78, 5) is 14.3. The van der Waals surface area contributed by atoms with Crippen LogP contribution in [0.4, 0.5) is 0 Å². The van der Waals surface area contributed by atoms with E-state index in [1.165, 1.54) is 0 Å². The fraction of sp³-hybridized carbons (Fsp3) is 0.533. The molecule has 0 aliphatic carbocycles. The lowest BCUT2D eigenvalue weighted by Gasteiger charge is -2.28. The second kappa shape index (κ2) is 7.50. The van der Waals surface area contributed by atoms with Crippen LogP contribution in [0.15, 0.2) is 24.3 Å². The number of halogens is 1.